The fourth-order valence-corrected chi connectivity index (χ4v) is 3.85. The maximum atomic E-state index is 12.8. The van der Waals surface area contributed by atoms with Crippen molar-refractivity contribution < 1.29 is 9.59 Å². The molecule has 4 nitrogen and oxygen atoms in total. The van der Waals surface area contributed by atoms with Gasteiger partial charge >= 0.3 is 0 Å². The summed E-state index contributed by atoms with van der Waals surface area (Å²) < 4.78 is 0. The van der Waals surface area contributed by atoms with Crippen molar-refractivity contribution in [2.75, 3.05) is 11.9 Å². The van der Waals surface area contributed by atoms with Crippen LogP contribution in [0.4, 0.5) is 5.13 Å². The molecule has 150 valence electrons. The standard InChI is InChI=1S/C24H26N2O2S/c1-16(7-6-8-17(2)15-26-24-25-13-14-29-24)11-12-19-18(3)22(27)20-9-4-5-10-21(20)23(19)28/h4-5,8-11,13-14H,6-7,12,15H2,1-3H3,(H,25,26)/b16-11+,17-8+. The van der Waals surface area contributed by atoms with E-state index in [4.69, 9.17) is 0 Å². The highest BCUT2D eigenvalue weighted by Crippen LogP contribution is 2.28. The van der Waals surface area contributed by atoms with E-state index in [-0.39, 0.29) is 11.6 Å². The minimum Gasteiger partial charge on any atom is -0.358 e. The molecule has 0 saturated heterocycles. The summed E-state index contributed by atoms with van der Waals surface area (Å²) in [7, 11) is 0. The van der Waals surface area contributed by atoms with Gasteiger partial charge in [0.1, 0.15) is 0 Å². The second kappa shape index (κ2) is 9.61. The van der Waals surface area contributed by atoms with E-state index in [1.54, 1.807) is 48.7 Å². The molecule has 0 bridgehead atoms. The van der Waals surface area contributed by atoms with Crippen LogP contribution in [-0.2, 0) is 0 Å². The second-order valence-electron chi connectivity index (χ2n) is 7.34. The van der Waals surface area contributed by atoms with Crippen LogP contribution in [0, 0.1) is 0 Å². The van der Waals surface area contributed by atoms with Crippen LogP contribution in [0.2, 0.25) is 0 Å². The smallest absolute Gasteiger partial charge is 0.190 e. The predicted octanol–water partition coefficient (Wildman–Crippen LogP) is 6.01. The van der Waals surface area contributed by atoms with E-state index in [2.05, 4.69) is 36.3 Å². The van der Waals surface area contributed by atoms with E-state index in [0.29, 0.717) is 28.7 Å². The zero-order valence-electron chi connectivity index (χ0n) is 17.1. The number of nitrogens with one attached hydrogen (secondary N) is 1. The van der Waals surface area contributed by atoms with E-state index in [9.17, 15) is 9.59 Å². The van der Waals surface area contributed by atoms with Crippen molar-refractivity contribution in [1.29, 1.82) is 0 Å². The molecular formula is C24H26N2O2S. The molecule has 0 unspecified atom stereocenters. The van der Waals surface area contributed by atoms with Gasteiger partial charge in [0.05, 0.1) is 0 Å². The molecule has 1 aliphatic carbocycles. The number of anilines is 1. The van der Waals surface area contributed by atoms with Gasteiger partial charge in [-0.15, -0.1) is 11.3 Å². The fraction of sp³-hybridized carbons (Fsp3) is 0.292. The number of carbonyl (C=O) groups is 2. The Morgan fingerprint density at radius 1 is 1.07 bits per heavy atom. The van der Waals surface area contributed by atoms with Gasteiger partial charge in [0.15, 0.2) is 16.7 Å². The van der Waals surface area contributed by atoms with Crippen molar-refractivity contribution in [3.63, 3.8) is 0 Å². The van der Waals surface area contributed by atoms with Gasteiger partial charge in [0, 0.05) is 40.4 Å². The maximum absolute atomic E-state index is 12.8. The quantitative estimate of drug-likeness (QED) is 0.545. The van der Waals surface area contributed by atoms with Gasteiger partial charge in [-0.25, -0.2) is 4.98 Å². The topological polar surface area (TPSA) is 59.1 Å². The van der Waals surface area contributed by atoms with Gasteiger partial charge in [-0.3, -0.25) is 9.59 Å². The molecule has 2 aromatic rings. The van der Waals surface area contributed by atoms with Crippen LogP contribution < -0.4 is 5.32 Å². The van der Waals surface area contributed by atoms with Crippen molar-refractivity contribution in [2.45, 2.75) is 40.0 Å². The largest absolute Gasteiger partial charge is 0.358 e. The third-order valence-corrected chi connectivity index (χ3v) is 5.85. The van der Waals surface area contributed by atoms with Crippen LogP contribution in [0.25, 0.3) is 0 Å². The number of nitrogens with zero attached hydrogens (tertiary/aromatic N) is 1. The molecule has 0 amide bonds. The number of ketones is 2. The number of Topliss-reactive ketones (excluding diaryl/α,β-unsaturated/α-hetero) is 2. The van der Waals surface area contributed by atoms with E-state index in [1.165, 1.54) is 11.1 Å². The molecule has 0 atom stereocenters. The summed E-state index contributed by atoms with van der Waals surface area (Å²) in [4.78, 5) is 29.6. The summed E-state index contributed by atoms with van der Waals surface area (Å²) in [5.41, 5.74) is 4.73. The lowest BCUT2D eigenvalue weighted by Gasteiger charge is -2.18. The third kappa shape index (κ3) is 5.18. The zero-order valence-corrected chi connectivity index (χ0v) is 17.9. The molecule has 1 N–H and O–H groups in total. The Bertz CT molecular complexity index is 998. The Labute approximate surface area is 176 Å². The van der Waals surface area contributed by atoms with Crippen LogP contribution in [0.15, 0.2) is 70.3 Å². The molecule has 0 spiro atoms. The lowest BCUT2D eigenvalue weighted by atomic mass is 9.83. The van der Waals surface area contributed by atoms with Crippen molar-refractivity contribution in [3.8, 4) is 0 Å². The zero-order chi connectivity index (χ0) is 20.8. The van der Waals surface area contributed by atoms with Crippen molar-refractivity contribution in [3.05, 3.63) is 81.4 Å². The number of hydrogen-bond acceptors (Lipinski definition) is 5. The van der Waals surface area contributed by atoms with E-state index < -0.39 is 0 Å². The Kier molecular flexibility index (Phi) is 6.94. The number of fused-ring (bicyclic) bond motifs is 1. The van der Waals surface area contributed by atoms with Crippen LogP contribution in [0.5, 0.6) is 0 Å². The van der Waals surface area contributed by atoms with Gasteiger partial charge in [-0.2, -0.15) is 0 Å². The highest BCUT2D eigenvalue weighted by molar-refractivity contribution is 7.13. The average molecular weight is 407 g/mol. The number of carbonyl (C=O) groups excluding carboxylic acids is 2. The minimum absolute atomic E-state index is 0.0225. The lowest BCUT2D eigenvalue weighted by Crippen LogP contribution is -2.20. The number of aromatic nitrogens is 1. The van der Waals surface area contributed by atoms with Crippen LogP contribution >= 0.6 is 11.3 Å². The third-order valence-electron chi connectivity index (χ3n) is 5.12. The molecule has 0 aliphatic heterocycles. The molecule has 0 saturated carbocycles. The number of allylic oxidation sites excluding steroid dienone is 5. The number of hydrogen-bond donors (Lipinski definition) is 1. The molecule has 1 aromatic heterocycles. The van der Waals surface area contributed by atoms with Crippen LogP contribution in [0.3, 0.4) is 0 Å². The molecule has 29 heavy (non-hydrogen) atoms. The van der Waals surface area contributed by atoms with Crippen molar-refractivity contribution in [1.82, 2.24) is 4.98 Å². The highest BCUT2D eigenvalue weighted by Gasteiger charge is 2.28. The van der Waals surface area contributed by atoms with Gasteiger partial charge in [-0.05, 0) is 40.0 Å². The Balaban J connectivity index is 1.55. The van der Waals surface area contributed by atoms with Crippen LogP contribution in [0.1, 0.15) is 60.7 Å². The van der Waals surface area contributed by atoms with E-state index >= 15 is 0 Å². The van der Waals surface area contributed by atoms with E-state index in [1.807, 2.05) is 5.38 Å². The maximum Gasteiger partial charge on any atom is 0.190 e. The first-order valence-corrected chi connectivity index (χ1v) is 10.7. The highest BCUT2D eigenvalue weighted by atomic mass is 32.1. The molecule has 1 aromatic carbocycles. The number of benzene rings is 1. The first-order chi connectivity index (χ1) is 14.0. The Morgan fingerprint density at radius 2 is 1.79 bits per heavy atom. The monoisotopic (exact) mass is 406 g/mol. The molecule has 5 heteroatoms. The predicted molar refractivity (Wildman–Crippen MR) is 120 cm³/mol. The molecule has 0 fully saturated rings. The number of rotatable bonds is 8. The normalized spacial score (nSPS) is 15.0. The summed E-state index contributed by atoms with van der Waals surface area (Å²) in [5.74, 6) is -0.0571. The summed E-state index contributed by atoms with van der Waals surface area (Å²) >= 11 is 1.60. The molecule has 3 rings (SSSR count). The summed E-state index contributed by atoms with van der Waals surface area (Å²) in [6, 6.07) is 7.08. The van der Waals surface area contributed by atoms with Gasteiger partial charge < -0.3 is 5.32 Å². The molecule has 1 heterocycles. The summed E-state index contributed by atoms with van der Waals surface area (Å²) in [5, 5.41) is 6.19. The lowest BCUT2D eigenvalue weighted by molar-refractivity contribution is 0.0973. The molecule has 0 radical (unpaired) electrons. The van der Waals surface area contributed by atoms with Gasteiger partial charge in [0.2, 0.25) is 0 Å². The summed E-state index contributed by atoms with van der Waals surface area (Å²) in [6.45, 7) is 6.74. The Hall–Kier alpha value is -2.79. The fourth-order valence-electron chi connectivity index (χ4n) is 3.32. The average Bonchev–Trinajstić information content (AvgIpc) is 3.24. The first kappa shape index (κ1) is 20.9. The second-order valence-corrected chi connectivity index (χ2v) is 8.24. The van der Waals surface area contributed by atoms with Crippen molar-refractivity contribution in [2.24, 2.45) is 0 Å². The number of thiazole rings is 1. The SMILES string of the molecule is CC1=C(C/C=C(\C)CC/C=C(\C)CNc2nccs2)C(=O)c2ccccc2C1=O. The van der Waals surface area contributed by atoms with E-state index in [0.717, 1.165) is 24.5 Å². The van der Waals surface area contributed by atoms with Gasteiger partial charge in [-0.1, -0.05) is 47.6 Å². The molecule has 1 aliphatic rings. The Morgan fingerprint density at radius 3 is 2.48 bits per heavy atom. The minimum atomic E-state index is -0.0347. The van der Waals surface area contributed by atoms with Crippen molar-refractivity contribution >= 4 is 28.0 Å². The van der Waals surface area contributed by atoms with Gasteiger partial charge in [0.25, 0.3) is 0 Å². The van der Waals surface area contributed by atoms with Crippen LogP contribution in [-0.4, -0.2) is 23.1 Å². The molecular weight excluding hydrogens is 380 g/mol. The first-order valence-electron chi connectivity index (χ1n) is 9.80. The summed E-state index contributed by atoms with van der Waals surface area (Å²) in [6.07, 6.45) is 8.48.